The Morgan fingerprint density at radius 3 is 2.30 bits per heavy atom. The summed E-state index contributed by atoms with van der Waals surface area (Å²) in [5, 5.41) is 0.760. The second-order valence-electron chi connectivity index (χ2n) is 8.09. The molecule has 0 unspecified atom stereocenters. The average Bonchev–Trinajstić information content (AvgIpc) is 2.80. The molecule has 0 bridgehead atoms. The van der Waals surface area contributed by atoms with Gasteiger partial charge in [-0.15, -0.1) is 0 Å². The van der Waals surface area contributed by atoms with Crippen LogP contribution in [0.25, 0.3) is 0 Å². The van der Waals surface area contributed by atoms with Crippen LogP contribution in [0.3, 0.4) is 0 Å². The normalized spacial score (nSPS) is 17.8. The minimum Gasteiger partial charge on any atom is -0.482 e. The highest BCUT2D eigenvalue weighted by Crippen LogP contribution is 2.30. The van der Waals surface area contributed by atoms with Crippen molar-refractivity contribution < 1.29 is 9.53 Å². The fourth-order valence-corrected chi connectivity index (χ4v) is 4.34. The molecule has 4 rings (SSSR count). The lowest BCUT2D eigenvalue weighted by Crippen LogP contribution is -2.49. The highest BCUT2D eigenvalue weighted by molar-refractivity contribution is 6.30. The van der Waals surface area contributed by atoms with E-state index in [2.05, 4.69) is 28.0 Å². The molecule has 6 heteroatoms. The predicted molar refractivity (Wildman–Crippen MR) is 121 cm³/mol. The Kier molecular flexibility index (Phi) is 7.13. The van der Waals surface area contributed by atoms with Gasteiger partial charge in [0.25, 0.3) is 5.91 Å². The Hall–Kier alpha value is -2.24. The van der Waals surface area contributed by atoms with Gasteiger partial charge in [0.2, 0.25) is 0 Å². The van der Waals surface area contributed by atoms with Crippen LogP contribution < -0.4 is 9.64 Å². The summed E-state index contributed by atoms with van der Waals surface area (Å²) in [6.07, 6.45) is 3.73. The SMILES string of the molecule is O=C(COc1ccccc1N1CCCCC1)N1CCN(Cc2ccc(Cl)cc2)CC1. The third-order valence-electron chi connectivity index (χ3n) is 5.96. The van der Waals surface area contributed by atoms with Gasteiger partial charge in [-0.1, -0.05) is 35.9 Å². The van der Waals surface area contributed by atoms with E-state index in [1.165, 1.54) is 24.8 Å². The molecular weight excluding hydrogens is 398 g/mol. The molecule has 0 aliphatic carbocycles. The second-order valence-corrected chi connectivity index (χ2v) is 8.52. The van der Waals surface area contributed by atoms with Gasteiger partial charge in [0, 0.05) is 50.8 Å². The highest BCUT2D eigenvalue weighted by Gasteiger charge is 2.22. The molecule has 0 atom stereocenters. The number of para-hydroxylation sites is 2. The summed E-state index contributed by atoms with van der Waals surface area (Å²) in [6, 6.07) is 16.1. The van der Waals surface area contributed by atoms with E-state index in [4.69, 9.17) is 16.3 Å². The topological polar surface area (TPSA) is 36.0 Å². The lowest BCUT2D eigenvalue weighted by molar-refractivity contribution is -0.135. The van der Waals surface area contributed by atoms with Crippen molar-refractivity contribution >= 4 is 23.2 Å². The van der Waals surface area contributed by atoms with E-state index in [0.29, 0.717) is 0 Å². The van der Waals surface area contributed by atoms with Crippen LogP contribution in [0.5, 0.6) is 5.75 Å². The number of amides is 1. The number of hydrogen-bond donors (Lipinski definition) is 0. The van der Waals surface area contributed by atoms with E-state index in [-0.39, 0.29) is 12.5 Å². The van der Waals surface area contributed by atoms with Gasteiger partial charge < -0.3 is 14.5 Å². The maximum absolute atomic E-state index is 12.7. The largest absolute Gasteiger partial charge is 0.482 e. The quantitative estimate of drug-likeness (QED) is 0.696. The number of benzene rings is 2. The molecule has 0 N–H and O–H groups in total. The van der Waals surface area contributed by atoms with Crippen molar-refractivity contribution in [3.63, 3.8) is 0 Å². The number of anilines is 1. The van der Waals surface area contributed by atoms with Crippen molar-refractivity contribution in [1.82, 2.24) is 9.80 Å². The number of nitrogens with zero attached hydrogens (tertiary/aromatic N) is 3. The van der Waals surface area contributed by atoms with Gasteiger partial charge >= 0.3 is 0 Å². The van der Waals surface area contributed by atoms with Gasteiger partial charge in [-0.3, -0.25) is 9.69 Å². The molecule has 0 aromatic heterocycles. The van der Waals surface area contributed by atoms with Crippen LogP contribution in [-0.2, 0) is 11.3 Å². The van der Waals surface area contributed by atoms with E-state index < -0.39 is 0 Å². The van der Waals surface area contributed by atoms with Gasteiger partial charge in [-0.2, -0.15) is 0 Å². The van der Waals surface area contributed by atoms with E-state index in [1.54, 1.807) is 0 Å². The van der Waals surface area contributed by atoms with E-state index in [9.17, 15) is 4.79 Å². The molecule has 160 valence electrons. The van der Waals surface area contributed by atoms with Gasteiger partial charge in [0.05, 0.1) is 5.69 Å². The Morgan fingerprint density at radius 1 is 0.867 bits per heavy atom. The lowest BCUT2D eigenvalue weighted by atomic mass is 10.1. The van der Waals surface area contributed by atoms with Crippen LogP contribution in [0, 0.1) is 0 Å². The van der Waals surface area contributed by atoms with E-state index >= 15 is 0 Å². The maximum Gasteiger partial charge on any atom is 0.260 e. The van der Waals surface area contributed by atoms with E-state index in [1.807, 2.05) is 35.2 Å². The van der Waals surface area contributed by atoms with Crippen molar-refractivity contribution in [2.24, 2.45) is 0 Å². The zero-order chi connectivity index (χ0) is 20.8. The molecule has 2 fully saturated rings. The van der Waals surface area contributed by atoms with Crippen molar-refractivity contribution in [3.05, 3.63) is 59.1 Å². The van der Waals surface area contributed by atoms with Gasteiger partial charge in [-0.25, -0.2) is 0 Å². The molecule has 2 heterocycles. The fraction of sp³-hybridized carbons (Fsp3) is 0.458. The first-order chi connectivity index (χ1) is 14.7. The fourth-order valence-electron chi connectivity index (χ4n) is 4.21. The molecule has 5 nitrogen and oxygen atoms in total. The standard InChI is InChI=1S/C24H30ClN3O2/c25-21-10-8-20(9-11-21)18-26-14-16-28(17-15-26)24(29)19-30-23-7-3-2-6-22(23)27-12-4-1-5-13-27/h2-3,6-11H,1,4-5,12-19H2. The Bertz CT molecular complexity index is 829. The van der Waals surface area contributed by atoms with Crippen molar-refractivity contribution in [2.45, 2.75) is 25.8 Å². The molecule has 2 aromatic rings. The highest BCUT2D eigenvalue weighted by atomic mass is 35.5. The maximum atomic E-state index is 12.7. The Balaban J connectivity index is 1.26. The molecule has 2 saturated heterocycles. The van der Waals surface area contributed by atoms with Crippen LogP contribution in [0.4, 0.5) is 5.69 Å². The first kappa shape index (κ1) is 21.0. The van der Waals surface area contributed by atoms with Crippen LogP contribution in [0.15, 0.2) is 48.5 Å². The first-order valence-electron chi connectivity index (χ1n) is 10.9. The third-order valence-corrected chi connectivity index (χ3v) is 6.21. The number of piperidine rings is 1. The number of rotatable bonds is 6. The van der Waals surface area contributed by atoms with Gasteiger partial charge in [-0.05, 0) is 49.1 Å². The average molecular weight is 428 g/mol. The van der Waals surface area contributed by atoms with Crippen LogP contribution in [-0.4, -0.2) is 61.6 Å². The monoisotopic (exact) mass is 427 g/mol. The predicted octanol–water partition coefficient (Wildman–Crippen LogP) is 4.05. The summed E-state index contributed by atoms with van der Waals surface area (Å²) in [5.74, 6) is 0.878. The molecular formula is C24H30ClN3O2. The summed E-state index contributed by atoms with van der Waals surface area (Å²) in [6.45, 7) is 6.33. The number of carbonyl (C=O) groups is 1. The molecule has 0 saturated carbocycles. The number of piperazine rings is 1. The van der Waals surface area contributed by atoms with Crippen LogP contribution in [0.2, 0.25) is 5.02 Å². The molecule has 0 spiro atoms. The minimum atomic E-state index is 0.0644. The van der Waals surface area contributed by atoms with Crippen LogP contribution >= 0.6 is 11.6 Å². The molecule has 2 aromatic carbocycles. The van der Waals surface area contributed by atoms with Crippen LogP contribution in [0.1, 0.15) is 24.8 Å². The molecule has 30 heavy (non-hydrogen) atoms. The zero-order valence-electron chi connectivity index (χ0n) is 17.4. The van der Waals surface area contributed by atoms with E-state index in [0.717, 1.165) is 62.3 Å². The van der Waals surface area contributed by atoms with Crippen molar-refractivity contribution in [3.8, 4) is 5.75 Å². The van der Waals surface area contributed by atoms with Crippen molar-refractivity contribution in [2.75, 3.05) is 50.8 Å². The minimum absolute atomic E-state index is 0.0644. The third kappa shape index (κ3) is 5.46. The Labute approximate surface area is 184 Å². The van der Waals surface area contributed by atoms with Gasteiger partial charge in [0.15, 0.2) is 6.61 Å². The number of ether oxygens (including phenoxy) is 1. The summed E-state index contributed by atoms with van der Waals surface area (Å²) in [7, 11) is 0. The summed E-state index contributed by atoms with van der Waals surface area (Å²) in [5.41, 5.74) is 2.36. The smallest absolute Gasteiger partial charge is 0.260 e. The summed E-state index contributed by atoms with van der Waals surface area (Å²) < 4.78 is 5.98. The number of carbonyl (C=O) groups excluding carboxylic acids is 1. The second kappa shape index (κ2) is 10.2. The summed E-state index contributed by atoms with van der Waals surface area (Å²) >= 11 is 5.96. The number of hydrogen-bond acceptors (Lipinski definition) is 4. The molecule has 2 aliphatic rings. The summed E-state index contributed by atoms with van der Waals surface area (Å²) in [4.78, 5) is 19.4. The first-order valence-corrected chi connectivity index (χ1v) is 11.3. The van der Waals surface area contributed by atoms with Crippen molar-refractivity contribution in [1.29, 1.82) is 0 Å². The zero-order valence-corrected chi connectivity index (χ0v) is 18.2. The molecule has 1 amide bonds. The molecule has 2 aliphatic heterocycles. The molecule has 0 radical (unpaired) electrons. The number of halogens is 1. The van der Waals surface area contributed by atoms with Gasteiger partial charge in [0.1, 0.15) is 5.75 Å². The lowest BCUT2D eigenvalue weighted by Gasteiger charge is -2.35. The Morgan fingerprint density at radius 2 is 1.57 bits per heavy atom.